The highest BCUT2D eigenvalue weighted by Crippen LogP contribution is 2.28. The van der Waals surface area contributed by atoms with Gasteiger partial charge in [-0.2, -0.15) is 0 Å². The highest BCUT2D eigenvalue weighted by Gasteiger charge is 2.04. The molecule has 1 rings (SSSR count). The van der Waals surface area contributed by atoms with Gasteiger partial charge in [0.15, 0.2) is 5.75 Å². The van der Waals surface area contributed by atoms with E-state index in [2.05, 4.69) is 0 Å². The molecule has 0 bridgehead atoms. The van der Waals surface area contributed by atoms with Crippen LogP contribution >= 0.6 is 11.6 Å². The van der Waals surface area contributed by atoms with E-state index in [9.17, 15) is 4.79 Å². The number of phenolic OH excluding ortho intramolecular Hbond substituents is 1. The fraction of sp³-hybridized carbons (Fsp3) is 0.125. The van der Waals surface area contributed by atoms with Gasteiger partial charge in [-0.15, -0.1) is 0 Å². The molecule has 1 aromatic rings. The minimum Gasteiger partial charge on any atom is -0.508 e. The topological polar surface area (TPSA) is 46.5 Å². The summed E-state index contributed by atoms with van der Waals surface area (Å²) in [6, 6.07) is 4.15. The number of ether oxygens (including phenoxy) is 1. The molecule has 0 aliphatic carbocycles. The minimum absolute atomic E-state index is 0.00986. The zero-order valence-corrected chi connectivity index (χ0v) is 7.13. The molecule has 0 spiro atoms. The van der Waals surface area contributed by atoms with E-state index in [4.69, 9.17) is 21.4 Å². The third-order valence-corrected chi connectivity index (χ3v) is 1.48. The number of rotatable bonds is 1. The van der Waals surface area contributed by atoms with E-state index in [-0.39, 0.29) is 11.5 Å². The molecule has 0 aromatic heterocycles. The van der Waals surface area contributed by atoms with Gasteiger partial charge < -0.3 is 9.84 Å². The van der Waals surface area contributed by atoms with Gasteiger partial charge in [-0.25, -0.2) is 0 Å². The number of hydrogen-bond acceptors (Lipinski definition) is 3. The first kappa shape index (κ1) is 8.87. The maximum atomic E-state index is 10.5. The molecule has 0 fully saturated rings. The van der Waals surface area contributed by atoms with Gasteiger partial charge >= 0.3 is 5.97 Å². The zero-order valence-electron chi connectivity index (χ0n) is 6.37. The molecule has 64 valence electrons. The van der Waals surface area contributed by atoms with Gasteiger partial charge in [-0.05, 0) is 12.1 Å². The van der Waals surface area contributed by atoms with Crippen molar-refractivity contribution in [2.24, 2.45) is 0 Å². The molecular weight excluding hydrogens is 180 g/mol. The van der Waals surface area contributed by atoms with E-state index >= 15 is 0 Å². The molecule has 0 atom stereocenters. The summed E-state index contributed by atoms with van der Waals surface area (Å²) in [4.78, 5) is 10.5. The lowest BCUT2D eigenvalue weighted by molar-refractivity contribution is -0.131. The summed E-state index contributed by atoms with van der Waals surface area (Å²) in [5, 5.41) is 9.29. The molecule has 12 heavy (non-hydrogen) atoms. The van der Waals surface area contributed by atoms with Crippen molar-refractivity contribution >= 4 is 17.6 Å². The fourth-order valence-electron chi connectivity index (χ4n) is 0.725. The summed E-state index contributed by atoms with van der Waals surface area (Å²) in [5.41, 5.74) is 0. The molecule has 0 aliphatic rings. The molecular formula is C8H7ClO3. The van der Waals surface area contributed by atoms with Gasteiger partial charge in [0.05, 0.1) is 5.02 Å². The maximum Gasteiger partial charge on any atom is 0.308 e. The van der Waals surface area contributed by atoms with Crippen molar-refractivity contribution in [2.45, 2.75) is 6.92 Å². The fourth-order valence-corrected chi connectivity index (χ4v) is 0.881. The van der Waals surface area contributed by atoms with Crippen LogP contribution in [0.25, 0.3) is 0 Å². The van der Waals surface area contributed by atoms with E-state index in [1.54, 1.807) is 0 Å². The van der Waals surface area contributed by atoms with E-state index < -0.39 is 5.97 Å². The molecule has 0 unspecified atom stereocenters. The number of benzene rings is 1. The SMILES string of the molecule is CC(=O)Oc1cc(O)ccc1Cl. The number of carbonyl (C=O) groups excluding carboxylic acids is 1. The average molecular weight is 187 g/mol. The van der Waals surface area contributed by atoms with Gasteiger partial charge in [0, 0.05) is 13.0 Å². The Morgan fingerprint density at radius 2 is 2.25 bits per heavy atom. The van der Waals surface area contributed by atoms with E-state index in [0.29, 0.717) is 5.02 Å². The van der Waals surface area contributed by atoms with Crippen LogP contribution in [0.2, 0.25) is 5.02 Å². The molecule has 1 N–H and O–H groups in total. The molecule has 0 saturated heterocycles. The van der Waals surface area contributed by atoms with Crippen LogP contribution in [-0.4, -0.2) is 11.1 Å². The first-order chi connectivity index (χ1) is 5.59. The van der Waals surface area contributed by atoms with Crippen LogP contribution in [0.3, 0.4) is 0 Å². The van der Waals surface area contributed by atoms with E-state index in [0.717, 1.165) is 0 Å². The van der Waals surface area contributed by atoms with E-state index in [1.165, 1.54) is 25.1 Å². The maximum absolute atomic E-state index is 10.5. The van der Waals surface area contributed by atoms with Gasteiger partial charge in [0.25, 0.3) is 0 Å². The van der Waals surface area contributed by atoms with Crippen molar-refractivity contribution in [1.82, 2.24) is 0 Å². The lowest BCUT2D eigenvalue weighted by Crippen LogP contribution is -2.01. The number of phenols is 1. The van der Waals surface area contributed by atoms with Crippen LogP contribution in [0.4, 0.5) is 0 Å². The highest BCUT2D eigenvalue weighted by atomic mass is 35.5. The quantitative estimate of drug-likeness (QED) is 0.539. The lowest BCUT2D eigenvalue weighted by atomic mass is 10.3. The number of hydrogen-bond donors (Lipinski definition) is 1. The molecule has 0 heterocycles. The minimum atomic E-state index is -0.470. The summed E-state index contributed by atoms with van der Waals surface area (Å²) in [5.74, 6) is -0.290. The van der Waals surface area contributed by atoms with Crippen LogP contribution in [0, 0.1) is 0 Å². The molecule has 0 aliphatic heterocycles. The van der Waals surface area contributed by atoms with Gasteiger partial charge in [0.2, 0.25) is 0 Å². The summed E-state index contributed by atoms with van der Waals surface area (Å²) in [7, 11) is 0. The average Bonchev–Trinajstić information content (AvgIpc) is 1.96. The van der Waals surface area contributed by atoms with Crippen molar-refractivity contribution in [1.29, 1.82) is 0 Å². The lowest BCUT2D eigenvalue weighted by Gasteiger charge is -2.03. The van der Waals surface area contributed by atoms with Crippen molar-refractivity contribution in [2.75, 3.05) is 0 Å². The zero-order chi connectivity index (χ0) is 9.14. The molecule has 3 nitrogen and oxygen atoms in total. The molecule has 0 radical (unpaired) electrons. The van der Waals surface area contributed by atoms with Gasteiger partial charge in [0.1, 0.15) is 5.75 Å². The summed E-state index contributed by atoms with van der Waals surface area (Å²) in [6.45, 7) is 1.26. The first-order valence-corrected chi connectivity index (χ1v) is 3.64. The highest BCUT2D eigenvalue weighted by molar-refractivity contribution is 6.32. The summed E-state index contributed by atoms with van der Waals surface area (Å²) >= 11 is 5.65. The van der Waals surface area contributed by atoms with Crippen LogP contribution in [0.5, 0.6) is 11.5 Å². The van der Waals surface area contributed by atoms with Crippen LogP contribution < -0.4 is 4.74 Å². The normalized spacial score (nSPS) is 9.50. The second kappa shape index (κ2) is 3.45. The predicted molar refractivity (Wildman–Crippen MR) is 44.4 cm³/mol. The first-order valence-electron chi connectivity index (χ1n) is 3.26. The Hall–Kier alpha value is -1.22. The molecule has 1 aromatic carbocycles. The van der Waals surface area contributed by atoms with Crippen molar-refractivity contribution in [3.63, 3.8) is 0 Å². The Morgan fingerprint density at radius 1 is 1.58 bits per heavy atom. The number of aromatic hydroxyl groups is 1. The van der Waals surface area contributed by atoms with E-state index in [1.807, 2.05) is 0 Å². The molecule has 4 heteroatoms. The third-order valence-electron chi connectivity index (χ3n) is 1.17. The Kier molecular flexibility index (Phi) is 2.55. The summed E-state index contributed by atoms with van der Waals surface area (Å²) < 4.78 is 4.69. The van der Waals surface area contributed by atoms with Crippen LogP contribution in [0.15, 0.2) is 18.2 Å². The second-order valence-corrected chi connectivity index (χ2v) is 2.62. The van der Waals surface area contributed by atoms with Crippen molar-refractivity contribution in [3.8, 4) is 11.5 Å². The molecule has 0 saturated carbocycles. The van der Waals surface area contributed by atoms with Crippen LogP contribution in [0.1, 0.15) is 6.92 Å². The Bertz CT molecular complexity index is 309. The smallest absolute Gasteiger partial charge is 0.308 e. The van der Waals surface area contributed by atoms with Gasteiger partial charge in [-0.3, -0.25) is 4.79 Å². The number of carbonyl (C=O) groups is 1. The number of esters is 1. The van der Waals surface area contributed by atoms with Crippen molar-refractivity contribution < 1.29 is 14.6 Å². The van der Waals surface area contributed by atoms with Crippen LogP contribution in [-0.2, 0) is 4.79 Å². The molecule has 0 amide bonds. The largest absolute Gasteiger partial charge is 0.508 e. The standard InChI is InChI=1S/C8H7ClO3/c1-5(10)12-8-4-6(11)2-3-7(8)9/h2-4,11H,1H3. The summed E-state index contributed by atoms with van der Waals surface area (Å²) in [6.07, 6.45) is 0. The second-order valence-electron chi connectivity index (χ2n) is 2.21. The Labute approximate surface area is 74.5 Å². The predicted octanol–water partition coefficient (Wildman–Crippen LogP) is 1.97. The Balaban J connectivity index is 2.97. The third kappa shape index (κ3) is 2.13. The Morgan fingerprint density at radius 3 is 2.83 bits per heavy atom. The number of halogens is 1. The van der Waals surface area contributed by atoms with Gasteiger partial charge in [-0.1, -0.05) is 11.6 Å². The van der Waals surface area contributed by atoms with Crippen molar-refractivity contribution in [3.05, 3.63) is 23.2 Å². The monoisotopic (exact) mass is 186 g/mol.